The van der Waals surface area contributed by atoms with Crippen molar-refractivity contribution < 1.29 is 19.1 Å². The van der Waals surface area contributed by atoms with Gasteiger partial charge in [-0.1, -0.05) is 25.3 Å². The molecule has 0 aliphatic heterocycles. The standard InChI is InChI=1S/C8H12N2O4/c1-3-5-13-7(11)9-10-8(12)14-6-4-2/h3-4H,1-2,5-6H2,(H,9,11)(H,10,12). The van der Waals surface area contributed by atoms with Gasteiger partial charge in [0.2, 0.25) is 0 Å². The second-order valence-corrected chi connectivity index (χ2v) is 2.02. The topological polar surface area (TPSA) is 76.7 Å². The minimum Gasteiger partial charge on any atom is -0.444 e. The van der Waals surface area contributed by atoms with Crippen molar-refractivity contribution in [3.05, 3.63) is 25.3 Å². The van der Waals surface area contributed by atoms with E-state index in [0.717, 1.165) is 0 Å². The van der Waals surface area contributed by atoms with Crippen LogP contribution in [0.4, 0.5) is 9.59 Å². The fraction of sp³-hybridized carbons (Fsp3) is 0.250. The third kappa shape index (κ3) is 6.71. The van der Waals surface area contributed by atoms with E-state index in [9.17, 15) is 9.59 Å². The summed E-state index contributed by atoms with van der Waals surface area (Å²) in [4.78, 5) is 21.4. The zero-order valence-corrected chi connectivity index (χ0v) is 7.62. The Morgan fingerprint density at radius 3 is 1.64 bits per heavy atom. The Balaban J connectivity index is 3.50. The molecule has 6 heteroatoms. The van der Waals surface area contributed by atoms with Gasteiger partial charge in [-0.2, -0.15) is 0 Å². The maximum absolute atomic E-state index is 10.7. The number of carbonyl (C=O) groups excluding carboxylic acids is 2. The molecule has 78 valence electrons. The summed E-state index contributed by atoms with van der Waals surface area (Å²) in [6.45, 7) is 6.81. The lowest BCUT2D eigenvalue weighted by atomic mass is 10.7. The number of rotatable bonds is 4. The molecule has 0 aliphatic carbocycles. The van der Waals surface area contributed by atoms with E-state index in [4.69, 9.17) is 0 Å². The van der Waals surface area contributed by atoms with Crippen molar-refractivity contribution in [3.63, 3.8) is 0 Å². The maximum atomic E-state index is 10.7. The largest absolute Gasteiger partial charge is 0.444 e. The third-order valence-electron chi connectivity index (χ3n) is 0.931. The Kier molecular flexibility index (Phi) is 6.57. The van der Waals surface area contributed by atoms with Crippen molar-refractivity contribution in [1.29, 1.82) is 0 Å². The highest BCUT2D eigenvalue weighted by Crippen LogP contribution is 1.78. The first-order chi connectivity index (χ1) is 6.70. The number of amides is 2. The maximum Gasteiger partial charge on any atom is 0.426 e. The van der Waals surface area contributed by atoms with Crippen LogP contribution in [0.1, 0.15) is 0 Å². The quantitative estimate of drug-likeness (QED) is 0.518. The predicted molar refractivity (Wildman–Crippen MR) is 49.4 cm³/mol. The van der Waals surface area contributed by atoms with Gasteiger partial charge in [0.1, 0.15) is 13.2 Å². The average molecular weight is 200 g/mol. The van der Waals surface area contributed by atoms with Crippen LogP contribution in [-0.2, 0) is 9.47 Å². The third-order valence-corrected chi connectivity index (χ3v) is 0.931. The van der Waals surface area contributed by atoms with E-state index in [2.05, 4.69) is 22.6 Å². The van der Waals surface area contributed by atoms with Crippen LogP contribution in [0.5, 0.6) is 0 Å². The first-order valence-electron chi connectivity index (χ1n) is 3.78. The summed E-state index contributed by atoms with van der Waals surface area (Å²) in [7, 11) is 0. The molecule has 0 aromatic rings. The first-order valence-corrected chi connectivity index (χ1v) is 3.78. The molecule has 14 heavy (non-hydrogen) atoms. The molecule has 0 saturated heterocycles. The van der Waals surface area contributed by atoms with Crippen LogP contribution in [-0.4, -0.2) is 25.4 Å². The summed E-state index contributed by atoms with van der Waals surface area (Å²) < 4.78 is 8.98. The molecule has 0 unspecified atom stereocenters. The van der Waals surface area contributed by atoms with Crippen molar-refractivity contribution in [3.8, 4) is 0 Å². The molecule has 0 spiro atoms. The van der Waals surface area contributed by atoms with E-state index in [1.165, 1.54) is 12.2 Å². The SMILES string of the molecule is C=CCOC(=O)NNC(=O)OCC=C. The molecule has 0 fully saturated rings. The molecule has 0 aromatic carbocycles. The van der Waals surface area contributed by atoms with Crippen molar-refractivity contribution in [2.75, 3.05) is 13.2 Å². The van der Waals surface area contributed by atoms with Gasteiger partial charge in [-0.05, 0) is 0 Å². The number of hydrogen-bond acceptors (Lipinski definition) is 4. The van der Waals surface area contributed by atoms with E-state index >= 15 is 0 Å². The van der Waals surface area contributed by atoms with Crippen LogP contribution in [0, 0.1) is 0 Å². The summed E-state index contributed by atoms with van der Waals surface area (Å²) in [5, 5.41) is 0. The highest BCUT2D eigenvalue weighted by Gasteiger charge is 2.03. The monoisotopic (exact) mass is 200 g/mol. The summed E-state index contributed by atoms with van der Waals surface area (Å²) in [6.07, 6.45) is 1.21. The summed E-state index contributed by atoms with van der Waals surface area (Å²) in [6, 6.07) is 0. The van der Waals surface area contributed by atoms with E-state index in [-0.39, 0.29) is 13.2 Å². The Labute approximate surface area is 81.5 Å². The van der Waals surface area contributed by atoms with E-state index < -0.39 is 12.2 Å². The lowest BCUT2D eigenvalue weighted by Gasteiger charge is -2.06. The van der Waals surface area contributed by atoms with Crippen molar-refractivity contribution in [2.45, 2.75) is 0 Å². The zero-order valence-electron chi connectivity index (χ0n) is 7.62. The predicted octanol–water partition coefficient (Wildman–Crippen LogP) is 0.726. The molecule has 0 bridgehead atoms. The summed E-state index contributed by atoms with van der Waals surface area (Å²) in [5.74, 6) is 0. The van der Waals surface area contributed by atoms with E-state index in [0.29, 0.717) is 0 Å². The Hall–Kier alpha value is -1.98. The molecule has 0 atom stereocenters. The van der Waals surface area contributed by atoms with E-state index in [1.54, 1.807) is 0 Å². The Morgan fingerprint density at radius 1 is 1.00 bits per heavy atom. The minimum atomic E-state index is -0.791. The first kappa shape index (κ1) is 12.0. The number of hydrazine groups is 1. The zero-order chi connectivity index (χ0) is 10.8. The minimum absolute atomic E-state index is 0.0647. The van der Waals surface area contributed by atoms with Crippen LogP contribution in [0.2, 0.25) is 0 Å². The van der Waals surface area contributed by atoms with Crippen molar-refractivity contribution in [2.24, 2.45) is 0 Å². The van der Waals surface area contributed by atoms with E-state index in [1.807, 2.05) is 10.9 Å². The molecule has 0 saturated carbocycles. The highest BCUT2D eigenvalue weighted by molar-refractivity contribution is 5.73. The van der Waals surface area contributed by atoms with Gasteiger partial charge in [0, 0.05) is 0 Å². The van der Waals surface area contributed by atoms with Gasteiger partial charge in [-0.3, -0.25) is 0 Å². The van der Waals surface area contributed by atoms with Crippen LogP contribution in [0.15, 0.2) is 25.3 Å². The Bertz CT molecular complexity index is 203. The lowest BCUT2D eigenvalue weighted by molar-refractivity contribution is 0.135. The number of hydrogen-bond donors (Lipinski definition) is 2. The fourth-order valence-electron chi connectivity index (χ4n) is 0.443. The molecule has 6 nitrogen and oxygen atoms in total. The second kappa shape index (κ2) is 7.66. The molecule has 0 aliphatic rings. The highest BCUT2D eigenvalue weighted by atomic mass is 16.6. The van der Waals surface area contributed by atoms with Crippen LogP contribution in [0.25, 0.3) is 0 Å². The number of nitrogens with one attached hydrogen (secondary N) is 2. The summed E-state index contributed by atoms with van der Waals surface area (Å²) in [5.41, 5.74) is 3.92. The number of carbonyl (C=O) groups is 2. The second-order valence-electron chi connectivity index (χ2n) is 2.02. The molecule has 2 amide bonds. The van der Waals surface area contributed by atoms with Gasteiger partial charge in [0.25, 0.3) is 0 Å². The summed E-state index contributed by atoms with van der Waals surface area (Å²) >= 11 is 0. The molecule has 0 rings (SSSR count). The van der Waals surface area contributed by atoms with Gasteiger partial charge in [0.15, 0.2) is 0 Å². The van der Waals surface area contributed by atoms with Crippen molar-refractivity contribution in [1.82, 2.24) is 10.9 Å². The van der Waals surface area contributed by atoms with Crippen LogP contribution < -0.4 is 10.9 Å². The van der Waals surface area contributed by atoms with Crippen LogP contribution >= 0.6 is 0 Å². The van der Waals surface area contributed by atoms with Gasteiger partial charge >= 0.3 is 12.2 Å². The normalized spacial score (nSPS) is 8.29. The average Bonchev–Trinajstić information content (AvgIpc) is 2.20. The fourth-order valence-corrected chi connectivity index (χ4v) is 0.443. The van der Waals surface area contributed by atoms with Gasteiger partial charge < -0.3 is 9.47 Å². The lowest BCUT2D eigenvalue weighted by Crippen LogP contribution is -2.42. The molecule has 0 radical (unpaired) electrons. The smallest absolute Gasteiger partial charge is 0.426 e. The van der Waals surface area contributed by atoms with Crippen LogP contribution in [0.3, 0.4) is 0 Å². The molecular weight excluding hydrogens is 188 g/mol. The van der Waals surface area contributed by atoms with Gasteiger partial charge in [-0.15, -0.1) is 0 Å². The van der Waals surface area contributed by atoms with Crippen molar-refractivity contribution >= 4 is 12.2 Å². The molecule has 2 N–H and O–H groups in total. The Morgan fingerprint density at radius 2 is 1.36 bits per heavy atom. The molecular formula is C8H12N2O4. The molecule has 0 heterocycles. The molecule has 0 aromatic heterocycles. The van der Waals surface area contributed by atoms with Gasteiger partial charge in [0.05, 0.1) is 0 Å². The van der Waals surface area contributed by atoms with Gasteiger partial charge in [-0.25, -0.2) is 20.4 Å². The number of ether oxygens (including phenoxy) is 2.